The highest BCUT2D eigenvalue weighted by molar-refractivity contribution is 9.25. The van der Waals surface area contributed by atoms with E-state index in [9.17, 15) is 9.59 Å². The summed E-state index contributed by atoms with van der Waals surface area (Å²) >= 11 is 6.42. The standard InChI is InChI=1S/C11H16Br2N2O2/c12-9(13)11(17)15-6-8(16)14-10(15)7-4-2-1-3-5-7/h7,9-10H,1-6H2,(H,14,16). The van der Waals surface area contributed by atoms with E-state index in [1.807, 2.05) is 0 Å². The summed E-state index contributed by atoms with van der Waals surface area (Å²) in [6.45, 7) is 0.188. The molecule has 2 aliphatic rings. The van der Waals surface area contributed by atoms with Crippen LogP contribution in [0.3, 0.4) is 0 Å². The second-order valence-corrected chi connectivity index (χ2v) is 7.74. The zero-order chi connectivity index (χ0) is 12.4. The lowest BCUT2D eigenvalue weighted by molar-refractivity contribution is -0.132. The van der Waals surface area contributed by atoms with E-state index < -0.39 is 3.74 Å². The van der Waals surface area contributed by atoms with Crippen molar-refractivity contribution in [1.82, 2.24) is 10.2 Å². The first-order valence-electron chi connectivity index (χ1n) is 5.97. The quantitative estimate of drug-likeness (QED) is 0.758. The van der Waals surface area contributed by atoms with E-state index >= 15 is 0 Å². The van der Waals surface area contributed by atoms with Crippen molar-refractivity contribution >= 4 is 43.7 Å². The Morgan fingerprint density at radius 3 is 2.53 bits per heavy atom. The van der Waals surface area contributed by atoms with Crippen LogP contribution >= 0.6 is 31.9 Å². The Labute approximate surface area is 118 Å². The fourth-order valence-electron chi connectivity index (χ4n) is 2.70. The van der Waals surface area contributed by atoms with E-state index in [-0.39, 0.29) is 24.5 Å². The molecule has 0 spiro atoms. The summed E-state index contributed by atoms with van der Waals surface area (Å²) in [7, 11) is 0. The van der Waals surface area contributed by atoms with Crippen molar-refractivity contribution in [2.75, 3.05) is 6.54 Å². The van der Waals surface area contributed by atoms with Gasteiger partial charge < -0.3 is 10.2 Å². The molecule has 0 aromatic rings. The molecule has 1 aliphatic carbocycles. The Kier molecular flexibility index (Phi) is 4.47. The minimum absolute atomic E-state index is 0.0467. The van der Waals surface area contributed by atoms with Gasteiger partial charge in [-0.3, -0.25) is 9.59 Å². The molecule has 0 aromatic heterocycles. The number of rotatable bonds is 2. The van der Waals surface area contributed by atoms with Crippen molar-refractivity contribution < 1.29 is 9.59 Å². The van der Waals surface area contributed by atoms with Crippen LogP contribution < -0.4 is 5.32 Å². The first kappa shape index (κ1) is 13.3. The lowest BCUT2D eigenvalue weighted by atomic mass is 9.87. The van der Waals surface area contributed by atoms with Crippen molar-refractivity contribution in [1.29, 1.82) is 0 Å². The molecule has 0 bridgehead atoms. The van der Waals surface area contributed by atoms with Crippen LogP contribution in [0, 0.1) is 5.92 Å². The second-order valence-electron chi connectivity index (χ2n) is 4.68. The average molecular weight is 368 g/mol. The summed E-state index contributed by atoms with van der Waals surface area (Å²) in [4.78, 5) is 25.1. The smallest absolute Gasteiger partial charge is 0.249 e. The minimum Gasteiger partial charge on any atom is -0.334 e. The van der Waals surface area contributed by atoms with E-state index in [1.165, 1.54) is 19.3 Å². The van der Waals surface area contributed by atoms with E-state index in [1.54, 1.807) is 4.90 Å². The number of amides is 2. The van der Waals surface area contributed by atoms with Crippen molar-refractivity contribution in [2.45, 2.75) is 42.0 Å². The topological polar surface area (TPSA) is 49.4 Å². The maximum atomic E-state index is 12.0. The van der Waals surface area contributed by atoms with Gasteiger partial charge in [0.05, 0.1) is 0 Å². The minimum atomic E-state index is -0.409. The third-order valence-corrected chi connectivity index (χ3v) is 4.31. The van der Waals surface area contributed by atoms with Gasteiger partial charge in [-0.05, 0) is 18.8 Å². The molecule has 1 heterocycles. The molecule has 2 fully saturated rings. The zero-order valence-corrected chi connectivity index (χ0v) is 12.7. The molecule has 0 radical (unpaired) electrons. The molecule has 1 saturated carbocycles. The predicted octanol–water partition coefficient (Wildman–Crippen LogP) is 1.97. The van der Waals surface area contributed by atoms with Crippen LogP contribution in [0.1, 0.15) is 32.1 Å². The van der Waals surface area contributed by atoms with Gasteiger partial charge in [-0.2, -0.15) is 0 Å². The maximum Gasteiger partial charge on any atom is 0.249 e. The van der Waals surface area contributed by atoms with Crippen LogP contribution in [-0.2, 0) is 9.59 Å². The fraction of sp³-hybridized carbons (Fsp3) is 0.818. The summed E-state index contributed by atoms with van der Waals surface area (Å²) < 4.78 is -0.409. The number of hydrogen-bond donors (Lipinski definition) is 1. The summed E-state index contributed by atoms with van der Waals surface area (Å²) in [6, 6.07) is 0. The lowest BCUT2D eigenvalue weighted by Crippen LogP contribution is -2.47. The molecule has 17 heavy (non-hydrogen) atoms. The van der Waals surface area contributed by atoms with Crippen molar-refractivity contribution in [3.05, 3.63) is 0 Å². The number of halogens is 2. The Morgan fingerprint density at radius 1 is 1.29 bits per heavy atom. The van der Waals surface area contributed by atoms with Gasteiger partial charge in [0.25, 0.3) is 0 Å². The Morgan fingerprint density at radius 2 is 1.94 bits per heavy atom. The van der Waals surface area contributed by atoms with Gasteiger partial charge in [0.1, 0.15) is 16.4 Å². The molecule has 0 aromatic carbocycles. The average Bonchev–Trinajstić information content (AvgIpc) is 2.71. The first-order chi connectivity index (χ1) is 8.09. The molecule has 1 saturated heterocycles. The lowest BCUT2D eigenvalue weighted by Gasteiger charge is -2.33. The molecule has 1 unspecified atom stereocenters. The van der Waals surface area contributed by atoms with E-state index in [0.717, 1.165) is 12.8 Å². The molecule has 2 rings (SSSR count). The van der Waals surface area contributed by atoms with Crippen molar-refractivity contribution in [2.24, 2.45) is 5.92 Å². The highest BCUT2D eigenvalue weighted by atomic mass is 79.9. The first-order valence-corrected chi connectivity index (χ1v) is 7.80. The maximum absolute atomic E-state index is 12.0. The molecule has 1 N–H and O–H groups in total. The van der Waals surface area contributed by atoms with Gasteiger partial charge in [0, 0.05) is 0 Å². The van der Waals surface area contributed by atoms with Crippen LogP contribution in [0.5, 0.6) is 0 Å². The van der Waals surface area contributed by atoms with Crippen molar-refractivity contribution in [3.63, 3.8) is 0 Å². The number of carbonyl (C=O) groups excluding carboxylic acids is 2. The third kappa shape index (κ3) is 3.02. The molecule has 1 aliphatic heterocycles. The number of carbonyl (C=O) groups is 2. The van der Waals surface area contributed by atoms with Crippen LogP contribution in [-0.4, -0.2) is 33.2 Å². The summed E-state index contributed by atoms with van der Waals surface area (Å²) in [5.74, 6) is 0.298. The summed E-state index contributed by atoms with van der Waals surface area (Å²) in [6.07, 6.45) is 5.77. The van der Waals surface area contributed by atoms with Crippen LogP contribution in [0.2, 0.25) is 0 Å². The predicted molar refractivity (Wildman–Crippen MR) is 71.9 cm³/mol. The van der Waals surface area contributed by atoms with Gasteiger partial charge >= 0.3 is 0 Å². The fourth-order valence-corrected chi connectivity index (χ4v) is 3.23. The Balaban J connectivity index is 2.07. The molecular formula is C11H16Br2N2O2. The van der Waals surface area contributed by atoms with E-state index in [0.29, 0.717) is 5.92 Å². The molecule has 1 atom stereocenters. The van der Waals surface area contributed by atoms with Gasteiger partial charge in [0.2, 0.25) is 11.8 Å². The van der Waals surface area contributed by atoms with Crippen molar-refractivity contribution in [3.8, 4) is 0 Å². The molecule has 4 nitrogen and oxygen atoms in total. The highest BCUT2D eigenvalue weighted by Gasteiger charge is 2.39. The largest absolute Gasteiger partial charge is 0.334 e. The second kappa shape index (κ2) is 5.69. The summed E-state index contributed by atoms with van der Waals surface area (Å²) in [5.41, 5.74) is 0. The third-order valence-electron chi connectivity index (χ3n) is 3.52. The highest BCUT2D eigenvalue weighted by Crippen LogP contribution is 2.30. The normalized spacial score (nSPS) is 26.4. The monoisotopic (exact) mass is 366 g/mol. The molecule has 6 heteroatoms. The molecule has 96 valence electrons. The SMILES string of the molecule is O=C1CN(C(=O)C(Br)Br)C(C2CCCCC2)N1. The number of nitrogens with one attached hydrogen (secondary N) is 1. The number of nitrogens with zero attached hydrogens (tertiary/aromatic N) is 1. The van der Waals surface area contributed by atoms with Gasteiger partial charge in [-0.15, -0.1) is 0 Å². The van der Waals surface area contributed by atoms with Gasteiger partial charge in [0.15, 0.2) is 0 Å². The zero-order valence-electron chi connectivity index (χ0n) is 9.49. The molecular weight excluding hydrogens is 352 g/mol. The van der Waals surface area contributed by atoms with Crippen LogP contribution in [0.25, 0.3) is 0 Å². The van der Waals surface area contributed by atoms with E-state index in [2.05, 4.69) is 37.2 Å². The van der Waals surface area contributed by atoms with Gasteiger partial charge in [-0.1, -0.05) is 51.1 Å². The Hall–Kier alpha value is -0.100. The number of alkyl halides is 2. The van der Waals surface area contributed by atoms with Crippen LogP contribution in [0.4, 0.5) is 0 Å². The van der Waals surface area contributed by atoms with Crippen LogP contribution in [0.15, 0.2) is 0 Å². The summed E-state index contributed by atoms with van der Waals surface area (Å²) in [5, 5.41) is 2.93. The Bertz CT molecular complexity index is 317. The molecule has 2 amide bonds. The van der Waals surface area contributed by atoms with Gasteiger partial charge in [-0.25, -0.2) is 0 Å². The number of hydrogen-bond acceptors (Lipinski definition) is 2. The van der Waals surface area contributed by atoms with E-state index in [4.69, 9.17) is 0 Å².